The van der Waals surface area contributed by atoms with Crippen molar-refractivity contribution in [2.75, 3.05) is 13.2 Å². The van der Waals surface area contributed by atoms with Crippen LogP contribution in [-0.2, 0) is 0 Å². The van der Waals surface area contributed by atoms with E-state index in [4.69, 9.17) is 0 Å². The Bertz CT molecular complexity index is 633. The Morgan fingerprint density at radius 3 is 2.89 bits per heavy atom. The van der Waals surface area contributed by atoms with Gasteiger partial charge in [-0.2, -0.15) is 0 Å². The summed E-state index contributed by atoms with van der Waals surface area (Å²) < 4.78 is 13.9. The molecule has 2 aromatic rings. The number of aliphatic hydroxyl groups excluding tert-OH is 1. The molecule has 1 heterocycles. The number of rotatable bonds is 4. The van der Waals surface area contributed by atoms with Gasteiger partial charge in [-0.15, -0.1) is 11.3 Å². The lowest BCUT2D eigenvalue weighted by Gasteiger charge is -2.11. The van der Waals surface area contributed by atoms with Gasteiger partial charge in [0.25, 0.3) is 5.91 Å². The maximum Gasteiger partial charge on any atom is 0.261 e. The molecule has 1 aliphatic carbocycles. The van der Waals surface area contributed by atoms with Crippen molar-refractivity contribution in [3.63, 3.8) is 0 Å². The van der Waals surface area contributed by atoms with Gasteiger partial charge in [0.15, 0.2) is 0 Å². The van der Waals surface area contributed by atoms with Crippen LogP contribution in [0.2, 0.25) is 0 Å². The van der Waals surface area contributed by atoms with Crippen LogP contribution >= 0.6 is 11.3 Å². The maximum atomic E-state index is 13.1. The predicted octanol–water partition coefficient (Wildman–Crippen LogP) is 2.54. The van der Waals surface area contributed by atoms with Crippen LogP contribution in [0.3, 0.4) is 0 Å². The van der Waals surface area contributed by atoms with Crippen molar-refractivity contribution in [3.8, 4) is 0 Å². The molecule has 1 aliphatic rings. The fraction of sp³-hybridized carbons (Fsp3) is 0.357. The zero-order valence-electron chi connectivity index (χ0n) is 10.3. The number of carbonyl (C=O) groups is 1. The molecule has 0 unspecified atom stereocenters. The molecule has 19 heavy (non-hydrogen) atoms. The van der Waals surface area contributed by atoms with Gasteiger partial charge in [0.05, 0.1) is 11.5 Å². The SMILES string of the molecule is O=C(NCC1(CO)CC1)c1cc2ccc(F)cc2s1. The molecule has 3 nitrogen and oxygen atoms in total. The Hall–Kier alpha value is -1.46. The van der Waals surface area contributed by atoms with Crippen LogP contribution < -0.4 is 5.32 Å². The highest BCUT2D eigenvalue weighted by molar-refractivity contribution is 7.20. The molecule has 1 aromatic carbocycles. The number of hydrogen-bond donors (Lipinski definition) is 2. The largest absolute Gasteiger partial charge is 0.396 e. The summed E-state index contributed by atoms with van der Waals surface area (Å²) in [5, 5.41) is 12.9. The highest BCUT2D eigenvalue weighted by atomic mass is 32.1. The lowest BCUT2D eigenvalue weighted by atomic mass is 10.1. The van der Waals surface area contributed by atoms with Crippen LogP contribution in [0.1, 0.15) is 22.5 Å². The Morgan fingerprint density at radius 2 is 2.21 bits per heavy atom. The number of hydrogen-bond acceptors (Lipinski definition) is 3. The molecule has 0 atom stereocenters. The quantitative estimate of drug-likeness (QED) is 0.903. The molecule has 5 heteroatoms. The molecule has 2 N–H and O–H groups in total. The van der Waals surface area contributed by atoms with Crippen LogP contribution in [-0.4, -0.2) is 24.2 Å². The van der Waals surface area contributed by atoms with Crippen LogP contribution in [0, 0.1) is 11.2 Å². The molecule has 1 saturated carbocycles. The second-order valence-corrected chi connectivity index (χ2v) is 6.22. The van der Waals surface area contributed by atoms with Crippen LogP contribution in [0.5, 0.6) is 0 Å². The molecule has 1 fully saturated rings. The van der Waals surface area contributed by atoms with Gasteiger partial charge in [-0.05, 0) is 36.4 Å². The molecule has 0 radical (unpaired) electrons. The number of carbonyl (C=O) groups excluding carboxylic acids is 1. The number of benzene rings is 1. The van der Waals surface area contributed by atoms with Gasteiger partial charge in [-0.25, -0.2) is 4.39 Å². The summed E-state index contributed by atoms with van der Waals surface area (Å²) >= 11 is 1.28. The number of halogens is 1. The minimum Gasteiger partial charge on any atom is -0.396 e. The molecule has 0 bridgehead atoms. The van der Waals surface area contributed by atoms with Crippen LogP contribution in [0.15, 0.2) is 24.3 Å². The Labute approximate surface area is 114 Å². The van der Waals surface area contributed by atoms with Gasteiger partial charge in [-0.1, -0.05) is 6.07 Å². The number of amides is 1. The summed E-state index contributed by atoms with van der Waals surface area (Å²) in [6.07, 6.45) is 1.92. The molecule has 1 amide bonds. The molecular formula is C14H14FNO2S. The number of thiophene rings is 1. The van der Waals surface area contributed by atoms with Crippen LogP contribution in [0.4, 0.5) is 4.39 Å². The third-order valence-corrected chi connectivity index (χ3v) is 4.72. The molecule has 0 saturated heterocycles. The van der Waals surface area contributed by atoms with Crippen molar-refractivity contribution in [3.05, 3.63) is 35.0 Å². The number of aliphatic hydroxyl groups is 1. The van der Waals surface area contributed by atoms with E-state index in [0.717, 1.165) is 22.9 Å². The third-order valence-electron chi connectivity index (χ3n) is 3.62. The minimum atomic E-state index is -0.293. The maximum absolute atomic E-state index is 13.1. The minimum absolute atomic E-state index is 0.0988. The second-order valence-electron chi connectivity index (χ2n) is 5.13. The molecule has 0 spiro atoms. The fourth-order valence-electron chi connectivity index (χ4n) is 2.04. The summed E-state index contributed by atoms with van der Waals surface area (Å²) in [5.41, 5.74) is -0.0988. The monoisotopic (exact) mass is 279 g/mol. The van der Waals surface area contributed by atoms with Crippen molar-refractivity contribution in [1.82, 2.24) is 5.32 Å². The highest BCUT2D eigenvalue weighted by Gasteiger charge is 2.42. The molecule has 0 aliphatic heterocycles. The zero-order chi connectivity index (χ0) is 13.5. The summed E-state index contributed by atoms with van der Waals surface area (Å²) in [7, 11) is 0. The first kappa shape index (κ1) is 12.6. The van der Waals surface area contributed by atoms with E-state index in [1.54, 1.807) is 12.1 Å². The van der Waals surface area contributed by atoms with Gasteiger partial charge in [0.2, 0.25) is 0 Å². The summed E-state index contributed by atoms with van der Waals surface area (Å²) in [6, 6.07) is 6.27. The van der Waals surface area contributed by atoms with E-state index in [1.807, 2.05) is 0 Å². The van der Waals surface area contributed by atoms with E-state index >= 15 is 0 Å². The van der Waals surface area contributed by atoms with Crippen molar-refractivity contribution in [1.29, 1.82) is 0 Å². The van der Waals surface area contributed by atoms with Crippen LogP contribution in [0.25, 0.3) is 10.1 Å². The summed E-state index contributed by atoms with van der Waals surface area (Å²) in [5.74, 6) is -0.445. The average Bonchev–Trinajstić information content (AvgIpc) is 3.07. The van der Waals surface area contributed by atoms with Gasteiger partial charge in [0, 0.05) is 16.7 Å². The zero-order valence-corrected chi connectivity index (χ0v) is 11.1. The highest BCUT2D eigenvalue weighted by Crippen LogP contribution is 2.44. The molecular weight excluding hydrogens is 265 g/mol. The molecule has 100 valence electrons. The normalized spacial score (nSPS) is 16.5. The first-order valence-electron chi connectivity index (χ1n) is 6.20. The van der Waals surface area contributed by atoms with Gasteiger partial charge < -0.3 is 10.4 Å². The Kier molecular flexibility index (Phi) is 3.03. The van der Waals surface area contributed by atoms with Crippen molar-refractivity contribution >= 4 is 27.3 Å². The molecule has 1 aromatic heterocycles. The summed E-state index contributed by atoms with van der Waals surface area (Å²) in [4.78, 5) is 12.6. The first-order valence-corrected chi connectivity index (χ1v) is 7.02. The smallest absolute Gasteiger partial charge is 0.261 e. The number of fused-ring (bicyclic) bond motifs is 1. The lowest BCUT2D eigenvalue weighted by Crippen LogP contribution is -2.31. The van der Waals surface area contributed by atoms with Crippen molar-refractivity contribution in [2.24, 2.45) is 5.41 Å². The van der Waals surface area contributed by atoms with Gasteiger partial charge >= 0.3 is 0 Å². The second kappa shape index (κ2) is 4.58. The average molecular weight is 279 g/mol. The van der Waals surface area contributed by atoms with Crippen molar-refractivity contribution in [2.45, 2.75) is 12.8 Å². The van der Waals surface area contributed by atoms with E-state index < -0.39 is 0 Å². The number of nitrogens with one attached hydrogen (secondary N) is 1. The Morgan fingerprint density at radius 1 is 1.42 bits per heavy atom. The first-order chi connectivity index (χ1) is 9.12. The Balaban J connectivity index is 1.74. The predicted molar refractivity (Wildman–Crippen MR) is 72.9 cm³/mol. The van der Waals surface area contributed by atoms with E-state index in [1.165, 1.54) is 23.5 Å². The topological polar surface area (TPSA) is 49.3 Å². The standard InChI is InChI=1S/C14H14FNO2S/c15-10-2-1-9-5-12(19-11(9)6-10)13(18)16-7-14(8-17)3-4-14/h1-2,5-6,17H,3-4,7-8H2,(H,16,18). The lowest BCUT2D eigenvalue weighted by molar-refractivity contribution is 0.0939. The van der Waals surface area contributed by atoms with E-state index in [9.17, 15) is 14.3 Å². The summed E-state index contributed by atoms with van der Waals surface area (Å²) in [6.45, 7) is 0.621. The van der Waals surface area contributed by atoms with E-state index in [2.05, 4.69) is 5.32 Å². The van der Waals surface area contributed by atoms with Gasteiger partial charge in [0.1, 0.15) is 5.82 Å². The van der Waals surface area contributed by atoms with E-state index in [-0.39, 0.29) is 23.7 Å². The molecule has 3 rings (SSSR count). The third kappa shape index (κ3) is 2.48. The van der Waals surface area contributed by atoms with Crippen molar-refractivity contribution < 1.29 is 14.3 Å². The van der Waals surface area contributed by atoms with E-state index in [0.29, 0.717) is 11.4 Å². The fourth-order valence-corrected chi connectivity index (χ4v) is 3.04. The van der Waals surface area contributed by atoms with Gasteiger partial charge in [-0.3, -0.25) is 4.79 Å².